The number of cyclic esters (lactones) is 1. The lowest BCUT2D eigenvalue weighted by Gasteiger charge is -2.60. The maximum atomic E-state index is 12.5. The predicted octanol–water partition coefficient (Wildman–Crippen LogP) is 4.76. The molecule has 2 N–H and O–H groups in total. The number of carbonyl (C=O) groups is 1. The van der Waals surface area contributed by atoms with Crippen molar-refractivity contribution in [1.29, 1.82) is 0 Å². The first kappa shape index (κ1) is 22.6. The molecule has 2 unspecified atom stereocenters. The van der Waals surface area contributed by atoms with E-state index < -0.39 is 11.5 Å². The minimum absolute atomic E-state index is 0.00665. The molecule has 3 aliphatic rings. The molecule has 0 radical (unpaired) electrons. The van der Waals surface area contributed by atoms with Gasteiger partial charge >= 0.3 is 5.97 Å². The van der Waals surface area contributed by atoms with Crippen LogP contribution in [0.1, 0.15) is 46.0 Å². The van der Waals surface area contributed by atoms with Crippen molar-refractivity contribution in [3.63, 3.8) is 0 Å². The van der Waals surface area contributed by atoms with Crippen molar-refractivity contribution in [3.05, 3.63) is 54.1 Å². The Morgan fingerprint density at radius 1 is 1.26 bits per heavy atom. The molecule has 2 aliphatic carbocycles. The SMILES string of the molecule is C=C1CCC2[C@](C)(CO)[C@H](O)CC[C@]2(C)[C@H]1CC(Sc1ccccc1)C1=CCOC1=O. The molecule has 0 amide bonds. The molecule has 4 nitrogen and oxygen atoms in total. The third-order valence-corrected chi connectivity index (χ3v) is 9.54. The second kappa shape index (κ2) is 8.76. The van der Waals surface area contributed by atoms with Crippen LogP contribution in [0.5, 0.6) is 0 Å². The standard InChI is InChI=1S/C26H34O4S/c1-17-9-10-22-25(2,13-11-23(28)26(22,3)16-27)20(17)15-21(19-12-14-30-24(19)29)31-18-7-5-4-6-8-18/h4-8,12,20-23,27-28H,1,9-11,13-16H2,2-3H3/t20-,21?,22?,23+,25+,26-/m0/s1. The Balaban J connectivity index is 1.66. The zero-order valence-electron chi connectivity index (χ0n) is 18.5. The van der Waals surface area contributed by atoms with Crippen molar-refractivity contribution in [2.75, 3.05) is 13.2 Å². The van der Waals surface area contributed by atoms with Gasteiger partial charge in [-0.1, -0.05) is 44.2 Å². The quantitative estimate of drug-likeness (QED) is 0.378. The number of hydrogen-bond acceptors (Lipinski definition) is 5. The minimum atomic E-state index is -0.500. The third-order valence-electron chi connectivity index (χ3n) is 8.27. The molecule has 1 aliphatic heterocycles. The Morgan fingerprint density at radius 3 is 2.65 bits per heavy atom. The lowest BCUT2D eigenvalue weighted by Crippen LogP contribution is -2.57. The van der Waals surface area contributed by atoms with Gasteiger partial charge < -0.3 is 14.9 Å². The number of fused-ring (bicyclic) bond motifs is 1. The molecule has 5 heteroatoms. The van der Waals surface area contributed by atoms with Gasteiger partial charge in [-0.05, 0) is 67.6 Å². The summed E-state index contributed by atoms with van der Waals surface area (Å²) in [5.41, 5.74) is 1.43. The molecule has 4 rings (SSSR count). The van der Waals surface area contributed by atoms with Gasteiger partial charge in [0.15, 0.2) is 0 Å². The molecule has 1 aromatic rings. The van der Waals surface area contributed by atoms with Crippen molar-refractivity contribution >= 4 is 17.7 Å². The van der Waals surface area contributed by atoms with Gasteiger partial charge in [0.05, 0.1) is 12.7 Å². The summed E-state index contributed by atoms with van der Waals surface area (Å²) in [6, 6.07) is 10.2. The maximum Gasteiger partial charge on any atom is 0.335 e. The van der Waals surface area contributed by atoms with Crippen LogP contribution in [-0.2, 0) is 9.53 Å². The van der Waals surface area contributed by atoms with Crippen molar-refractivity contribution in [2.24, 2.45) is 22.7 Å². The number of rotatable bonds is 6. The fourth-order valence-electron chi connectivity index (χ4n) is 6.39. The summed E-state index contributed by atoms with van der Waals surface area (Å²) in [7, 11) is 0. The van der Waals surface area contributed by atoms with Crippen LogP contribution in [0.3, 0.4) is 0 Å². The first-order valence-electron chi connectivity index (χ1n) is 11.3. The number of allylic oxidation sites excluding steroid dienone is 1. The molecule has 2 fully saturated rings. The fourth-order valence-corrected chi connectivity index (χ4v) is 7.64. The highest BCUT2D eigenvalue weighted by atomic mass is 32.2. The van der Waals surface area contributed by atoms with Crippen LogP contribution < -0.4 is 0 Å². The first-order chi connectivity index (χ1) is 14.8. The number of thioether (sulfide) groups is 1. The molecule has 2 saturated carbocycles. The lowest BCUT2D eigenvalue weighted by atomic mass is 9.46. The van der Waals surface area contributed by atoms with Crippen LogP contribution in [-0.4, -0.2) is 40.8 Å². The molecule has 0 saturated heterocycles. The zero-order chi connectivity index (χ0) is 22.2. The monoisotopic (exact) mass is 442 g/mol. The van der Waals surface area contributed by atoms with E-state index >= 15 is 0 Å². The van der Waals surface area contributed by atoms with E-state index in [-0.39, 0.29) is 35.1 Å². The summed E-state index contributed by atoms with van der Waals surface area (Å²) < 4.78 is 5.26. The maximum absolute atomic E-state index is 12.5. The topological polar surface area (TPSA) is 66.8 Å². The van der Waals surface area contributed by atoms with Crippen LogP contribution in [0.4, 0.5) is 0 Å². The van der Waals surface area contributed by atoms with Gasteiger partial charge in [-0.25, -0.2) is 4.79 Å². The van der Waals surface area contributed by atoms with E-state index in [1.54, 1.807) is 11.8 Å². The molecular weight excluding hydrogens is 408 g/mol. The minimum Gasteiger partial charge on any atom is -0.458 e. The van der Waals surface area contributed by atoms with Gasteiger partial charge in [0.25, 0.3) is 0 Å². The van der Waals surface area contributed by atoms with Gasteiger partial charge in [0.2, 0.25) is 0 Å². The lowest BCUT2D eigenvalue weighted by molar-refractivity contribution is -0.152. The highest BCUT2D eigenvalue weighted by Gasteiger charge is 2.58. The summed E-state index contributed by atoms with van der Waals surface area (Å²) in [4.78, 5) is 13.6. The molecule has 168 valence electrons. The average Bonchev–Trinajstić information content (AvgIpc) is 3.19. The Kier molecular flexibility index (Phi) is 6.39. The molecule has 1 heterocycles. The molecule has 0 spiro atoms. The smallest absolute Gasteiger partial charge is 0.335 e. The molecule has 0 aromatic heterocycles. The molecule has 6 atom stereocenters. The van der Waals surface area contributed by atoms with E-state index in [4.69, 9.17) is 4.74 Å². The second-order valence-electron chi connectivity index (χ2n) is 9.94. The van der Waals surface area contributed by atoms with Crippen LogP contribution in [0, 0.1) is 22.7 Å². The number of ether oxygens (including phenoxy) is 1. The highest BCUT2D eigenvalue weighted by molar-refractivity contribution is 8.00. The first-order valence-corrected chi connectivity index (χ1v) is 12.2. The van der Waals surface area contributed by atoms with Crippen molar-refractivity contribution < 1.29 is 19.7 Å². The van der Waals surface area contributed by atoms with Crippen LogP contribution in [0.2, 0.25) is 0 Å². The van der Waals surface area contributed by atoms with Gasteiger partial charge in [-0.3, -0.25) is 0 Å². The van der Waals surface area contributed by atoms with Crippen molar-refractivity contribution in [2.45, 2.75) is 62.2 Å². The van der Waals surface area contributed by atoms with Gasteiger partial charge in [0.1, 0.15) is 6.61 Å². The van der Waals surface area contributed by atoms with Crippen LogP contribution in [0.15, 0.2) is 59.0 Å². The van der Waals surface area contributed by atoms with Gasteiger partial charge in [0, 0.05) is 21.1 Å². The van der Waals surface area contributed by atoms with Crippen molar-refractivity contribution in [1.82, 2.24) is 0 Å². The Hall–Kier alpha value is -1.56. The molecule has 1 aromatic carbocycles. The molecular formula is C26H34O4S. The number of esters is 1. The van der Waals surface area contributed by atoms with E-state index in [1.165, 1.54) is 5.57 Å². The number of aliphatic hydroxyl groups is 2. The average molecular weight is 443 g/mol. The summed E-state index contributed by atoms with van der Waals surface area (Å²) in [5.74, 6) is 0.229. The van der Waals surface area contributed by atoms with E-state index in [0.29, 0.717) is 13.0 Å². The second-order valence-corrected chi connectivity index (χ2v) is 11.2. The van der Waals surface area contributed by atoms with Crippen LogP contribution >= 0.6 is 11.8 Å². The summed E-state index contributed by atoms with van der Waals surface area (Å²) in [5, 5.41) is 21.0. The van der Waals surface area contributed by atoms with Crippen LogP contribution in [0.25, 0.3) is 0 Å². The van der Waals surface area contributed by atoms with Crippen molar-refractivity contribution in [3.8, 4) is 0 Å². The Labute approximate surface area is 189 Å². The summed E-state index contributed by atoms with van der Waals surface area (Å²) >= 11 is 1.72. The molecule has 31 heavy (non-hydrogen) atoms. The molecule has 0 bridgehead atoms. The van der Waals surface area contributed by atoms with Gasteiger partial charge in [-0.2, -0.15) is 0 Å². The number of benzene rings is 1. The number of hydrogen-bond donors (Lipinski definition) is 2. The fraction of sp³-hybridized carbons (Fsp3) is 0.577. The zero-order valence-corrected chi connectivity index (χ0v) is 19.4. The predicted molar refractivity (Wildman–Crippen MR) is 124 cm³/mol. The summed E-state index contributed by atoms with van der Waals surface area (Å²) in [6.45, 7) is 9.16. The Bertz CT molecular complexity index is 865. The summed E-state index contributed by atoms with van der Waals surface area (Å²) in [6.07, 6.45) is 5.70. The third kappa shape index (κ3) is 4.01. The van der Waals surface area contributed by atoms with E-state index in [0.717, 1.165) is 36.2 Å². The highest BCUT2D eigenvalue weighted by Crippen LogP contribution is 2.62. The number of carbonyl (C=O) groups excluding carboxylic acids is 1. The normalized spacial score (nSPS) is 36.5. The largest absolute Gasteiger partial charge is 0.458 e. The number of aliphatic hydroxyl groups excluding tert-OH is 2. The van der Waals surface area contributed by atoms with E-state index in [2.05, 4.69) is 25.6 Å². The van der Waals surface area contributed by atoms with Gasteiger partial charge in [-0.15, -0.1) is 11.8 Å². The van der Waals surface area contributed by atoms with E-state index in [9.17, 15) is 15.0 Å². The Morgan fingerprint density at radius 2 is 2.00 bits per heavy atom. The van der Waals surface area contributed by atoms with E-state index in [1.807, 2.05) is 31.2 Å².